The quantitative estimate of drug-likeness (QED) is 0.228. The molecule has 0 aliphatic carbocycles. The molecule has 184 valence electrons. The van der Waals surface area contributed by atoms with Crippen LogP contribution in [-0.4, -0.2) is 58.2 Å². The van der Waals surface area contributed by atoms with E-state index in [1.54, 1.807) is 36.4 Å². The van der Waals surface area contributed by atoms with Gasteiger partial charge in [-0.25, -0.2) is 4.79 Å². The summed E-state index contributed by atoms with van der Waals surface area (Å²) < 4.78 is 5.22. The Morgan fingerprint density at radius 1 is 1.06 bits per heavy atom. The van der Waals surface area contributed by atoms with Crippen LogP contribution < -0.4 is 10.1 Å². The van der Waals surface area contributed by atoms with Gasteiger partial charge in [-0.1, -0.05) is 23.7 Å². The molecule has 0 spiro atoms. The van der Waals surface area contributed by atoms with E-state index < -0.39 is 18.5 Å². The van der Waals surface area contributed by atoms with Gasteiger partial charge < -0.3 is 20.1 Å². The third-order valence-electron chi connectivity index (χ3n) is 5.63. The minimum atomic E-state index is -1.16. The number of aliphatic carboxylic acids is 1. The van der Waals surface area contributed by atoms with Gasteiger partial charge in [-0.2, -0.15) is 0 Å². The van der Waals surface area contributed by atoms with Crippen molar-refractivity contribution in [3.8, 4) is 5.75 Å². The van der Waals surface area contributed by atoms with Crippen molar-refractivity contribution < 1.29 is 24.2 Å². The van der Waals surface area contributed by atoms with Gasteiger partial charge in [0.15, 0.2) is 12.4 Å². The number of hydrogen-bond donors (Lipinski definition) is 3. The van der Waals surface area contributed by atoms with Gasteiger partial charge in [0.05, 0.1) is 17.1 Å². The number of anilines is 1. The third kappa shape index (κ3) is 6.05. The minimum absolute atomic E-state index is 0.0598. The smallest absolute Gasteiger partial charge is 0.341 e. The van der Waals surface area contributed by atoms with E-state index >= 15 is 0 Å². The number of nitrogens with zero attached hydrogens (tertiary/aromatic N) is 2. The average Bonchev–Trinajstić information content (AvgIpc) is 2.83. The standard InChI is InChI=1S/C26H23ClN4O5/c27-18-6-7-19(29-14-18)12-23(32)21-13-20(36-15-24(33)34)8-9-22(21)30-26(35)17-4-2-16(3-5-17)25(28)31-10-1-11-31/h2-9,13-14,28H,1,10-12,15H2,(H,30,35)(H,33,34). The van der Waals surface area contributed by atoms with Gasteiger partial charge in [0.25, 0.3) is 5.91 Å². The normalized spacial score (nSPS) is 12.4. The molecule has 0 radical (unpaired) electrons. The zero-order chi connectivity index (χ0) is 25.7. The van der Waals surface area contributed by atoms with Gasteiger partial charge in [0.2, 0.25) is 0 Å². The maximum Gasteiger partial charge on any atom is 0.341 e. The number of aromatic nitrogens is 1. The second-order valence-corrected chi connectivity index (χ2v) is 8.61. The summed E-state index contributed by atoms with van der Waals surface area (Å²) in [5.74, 6) is -1.34. The number of ketones is 1. The van der Waals surface area contributed by atoms with Crippen LogP contribution in [0.25, 0.3) is 0 Å². The van der Waals surface area contributed by atoms with Crippen molar-refractivity contribution in [3.05, 3.63) is 88.2 Å². The molecule has 1 aliphatic rings. The Morgan fingerprint density at radius 3 is 2.39 bits per heavy atom. The van der Waals surface area contributed by atoms with E-state index in [9.17, 15) is 14.4 Å². The Bertz CT molecular complexity index is 1300. The van der Waals surface area contributed by atoms with Gasteiger partial charge >= 0.3 is 5.97 Å². The number of pyridine rings is 1. The molecule has 1 saturated heterocycles. The second kappa shape index (κ2) is 11.0. The molecule has 4 rings (SSSR count). The molecular formula is C26H23ClN4O5. The predicted molar refractivity (Wildman–Crippen MR) is 134 cm³/mol. The fourth-order valence-electron chi connectivity index (χ4n) is 3.57. The number of carboxylic acid groups (broad SMARTS) is 1. The van der Waals surface area contributed by atoms with Crippen LogP contribution in [0.4, 0.5) is 5.69 Å². The van der Waals surface area contributed by atoms with E-state index in [-0.39, 0.29) is 29.2 Å². The van der Waals surface area contributed by atoms with Crippen molar-refractivity contribution in [1.29, 1.82) is 5.41 Å². The number of benzene rings is 2. The van der Waals surface area contributed by atoms with Crippen molar-refractivity contribution in [3.63, 3.8) is 0 Å². The van der Waals surface area contributed by atoms with Crippen LogP contribution in [0, 0.1) is 5.41 Å². The Morgan fingerprint density at radius 2 is 1.78 bits per heavy atom. The maximum absolute atomic E-state index is 13.1. The molecule has 36 heavy (non-hydrogen) atoms. The van der Waals surface area contributed by atoms with Crippen molar-refractivity contribution in [2.45, 2.75) is 12.8 Å². The molecule has 2 heterocycles. The fraction of sp³-hybridized carbons (Fsp3) is 0.192. The lowest BCUT2D eigenvalue weighted by Crippen LogP contribution is -2.42. The Balaban J connectivity index is 1.54. The van der Waals surface area contributed by atoms with Crippen LogP contribution in [0.5, 0.6) is 5.75 Å². The first-order valence-electron chi connectivity index (χ1n) is 11.2. The largest absolute Gasteiger partial charge is 0.482 e. The number of likely N-dealkylation sites (tertiary alicyclic amines) is 1. The molecule has 1 aliphatic heterocycles. The molecule has 0 atom stereocenters. The lowest BCUT2D eigenvalue weighted by Gasteiger charge is -2.33. The number of ether oxygens (including phenoxy) is 1. The summed E-state index contributed by atoms with van der Waals surface area (Å²) in [6, 6.07) is 14.3. The lowest BCUT2D eigenvalue weighted by molar-refractivity contribution is -0.139. The first-order chi connectivity index (χ1) is 17.3. The SMILES string of the molecule is N=C(c1ccc(C(=O)Nc2ccc(OCC(=O)O)cc2C(=O)Cc2ccc(Cl)cn2)cc1)N1CCC1. The topological polar surface area (TPSA) is 133 Å². The number of carboxylic acids is 1. The van der Waals surface area contributed by atoms with Gasteiger partial charge in [-0.05, 0) is 48.9 Å². The zero-order valence-electron chi connectivity index (χ0n) is 19.2. The number of halogens is 1. The number of carbonyl (C=O) groups is 3. The summed E-state index contributed by atoms with van der Waals surface area (Å²) in [6.07, 6.45) is 2.44. The Hall–Kier alpha value is -4.24. The first-order valence-corrected chi connectivity index (χ1v) is 11.6. The lowest BCUT2D eigenvalue weighted by atomic mass is 10.0. The molecule has 1 amide bonds. The minimum Gasteiger partial charge on any atom is -0.482 e. The highest BCUT2D eigenvalue weighted by Crippen LogP contribution is 2.25. The maximum atomic E-state index is 13.1. The monoisotopic (exact) mass is 506 g/mol. The molecule has 0 saturated carbocycles. The van der Waals surface area contributed by atoms with Crippen LogP contribution >= 0.6 is 11.6 Å². The van der Waals surface area contributed by atoms with Crippen molar-refractivity contribution in [2.75, 3.05) is 25.0 Å². The van der Waals surface area contributed by atoms with Crippen LogP contribution in [0.15, 0.2) is 60.8 Å². The predicted octanol–water partition coefficient (Wildman–Crippen LogP) is 3.91. The number of nitrogens with one attached hydrogen (secondary N) is 2. The summed E-state index contributed by atoms with van der Waals surface area (Å²) in [5, 5.41) is 20.3. The Kier molecular flexibility index (Phi) is 7.60. The number of hydrogen-bond acceptors (Lipinski definition) is 6. The van der Waals surface area contributed by atoms with E-state index in [1.165, 1.54) is 24.4 Å². The van der Waals surface area contributed by atoms with E-state index in [0.29, 0.717) is 22.1 Å². The third-order valence-corrected chi connectivity index (χ3v) is 5.85. The summed E-state index contributed by atoms with van der Waals surface area (Å²) in [6.45, 7) is 1.14. The zero-order valence-corrected chi connectivity index (χ0v) is 19.9. The number of amides is 1. The molecule has 3 aromatic rings. The van der Waals surface area contributed by atoms with Crippen LogP contribution in [-0.2, 0) is 11.2 Å². The number of carbonyl (C=O) groups excluding carboxylic acids is 2. The molecule has 9 nitrogen and oxygen atoms in total. The van der Waals surface area contributed by atoms with E-state index in [1.807, 2.05) is 4.90 Å². The Labute approximate surface area is 212 Å². The molecule has 0 bridgehead atoms. The van der Waals surface area contributed by atoms with Crippen molar-refractivity contribution >= 4 is 40.8 Å². The molecule has 2 aromatic carbocycles. The average molecular weight is 507 g/mol. The summed E-state index contributed by atoms with van der Waals surface area (Å²) in [4.78, 5) is 43.0. The second-order valence-electron chi connectivity index (χ2n) is 8.18. The molecule has 10 heteroatoms. The van der Waals surface area contributed by atoms with Gasteiger partial charge in [-0.15, -0.1) is 0 Å². The molecule has 0 unspecified atom stereocenters. The van der Waals surface area contributed by atoms with E-state index in [2.05, 4.69) is 10.3 Å². The van der Waals surface area contributed by atoms with Gasteiger partial charge in [-0.3, -0.25) is 20.0 Å². The van der Waals surface area contributed by atoms with E-state index in [0.717, 1.165) is 25.1 Å². The molecule has 3 N–H and O–H groups in total. The number of rotatable bonds is 9. The van der Waals surface area contributed by atoms with Gasteiger partial charge in [0, 0.05) is 41.7 Å². The van der Waals surface area contributed by atoms with Gasteiger partial charge in [0.1, 0.15) is 11.6 Å². The summed E-state index contributed by atoms with van der Waals surface area (Å²) >= 11 is 5.87. The van der Waals surface area contributed by atoms with Crippen LogP contribution in [0.3, 0.4) is 0 Å². The van der Waals surface area contributed by atoms with Crippen LogP contribution in [0.2, 0.25) is 5.02 Å². The van der Waals surface area contributed by atoms with Crippen LogP contribution in [0.1, 0.15) is 38.4 Å². The van der Waals surface area contributed by atoms with Crippen molar-refractivity contribution in [1.82, 2.24) is 9.88 Å². The highest BCUT2D eigenvalue weighted by atomic mass is 35.5. The fourth-order valence-corrected chi connectivity index (χ4v) is 3.68. The van der Waals surface area contributed by atoms with E-state index in [4.69, 9.17) is 26.9 Å². The number of Topliss-reactive ketones (excluding diaryl/α,β-unsaturated/α-hetero) is 1. The number of amidine groups is 1. The first kappa shape index (κ1) is 24.9. The highest BCUT2D eigenvalue weighted by Gasteiger charge is 2.20. The summed E-state index contributed by atoms with van der Waals surface area (Å²) in [7, 11) is 0. The molecule has 1 aromatic heterocycles. The van der Waals surface area contributed by atoms with Crippen molar-refractivity contribution in [2.24, 2.45) is 0 Å². The summed E-state index contributed by atoms with van der Waals surface area (Å²) in [5.41, 5.74) is 1.97. The highest BCUT2D eigenvalue weighted by molar-refractivity contribution is 6.30. The molecular weight excluding hydrogens is 484 g/mol. The molecule has 1 fully saturated rings.